The van der Waals surface area contributed by atoms with Crippen molar-refractivity contribution < 1.29 is 14.2 Å². The number of fused-ring (bicyclic) bond motifs is 1. The zero-order chi connectivity index (χ0) is 17.6. The molecule has 1 aliphatic heterocycles. The lowest BCUT2D eigenvalue weighted by atomic mass is 9.93. The minimum atomic E-state index is -0.349. The van der Waals surface area contributed by atoms with Gasteiger partial charge in [0.25, 0.3) is 0 Å². The summed E-state index contributed by atoms with van der Waals surface area (Å²) in [7, 11) is 0. The zero-order valence-corrected chi connectivity index (χ0v) is 15.1. The lowest BCUT2D eigenvalue weighted by Gasteiger charge is -2.32. The molecule has 0 saturated heterocycles. The molecule has 24 heavy (non-hydrogen) atoms. The SMILES string of the molecule is CC(C)=CCCC1(C)C=Cc2c(O)cc(CCCCCF)cc2O1. The molecule has 1 aromatic rings. The van der Waals surface area contributed by atoms with E-state index < -0.39 is 0 Å². The molecule has 0 aliphatic carbocycles. The first-order valence-corrected chi connectivity index (χ1v) is 8.87. The van der Waals surface area contributed by atoms with E-state index in [0.29, 0.717) is 6.42 Å². The molecule has 1 aliphatic rings. The zero-order valence-electron chi connectivity index (χ0n) is 15.1. The first-order valence-electron chi connectivity index (χ1n) is 8.87. The number of hydrogen-bond donors (Lipinski definition) is 1. The number of hydrogen-bond acceptors (Lipinski definition) is 2. The Morgan fingerprint density at radius 3 is 2.75 bits per heavy atom. The van der Waals surface area contributed by atoms with Gasteiger partial charge < -0.3 is 9.84 Å². The average Bonchev–Trinajstić information content (AvgIpc) is 2.50. The van der Waals surface area contributed by atoms with Gasteiger partial charge in [0.2, 0.25) is 0 Å². The van der Waals surface area contributed by atoms with Gasteiger partial charge in [0.1, 0.15) is 17.1 Å². The van der Waals surface area contributed by atoms with E-state index in [1.54, 1.807) is 6.07 Å². The first-order chi connectivity index (χ1) is 11.4. The van der Waals surface area contributed by atoms with E-state index >= 15 is 0 Å². The van der Waals surface area contributed by atoms with Crippen molar-refractivity contribution in [2.75, 3.05) is 6.67 Å². The molecule has 0 spiro atoms. The molecule has 1 N–H and O–H groups in total. The molecular weight excluding hydrogens is 303 g/mol. The van der Waals surface area contributed by atoms with Crippen molar-refractivity contribution >= 4 is 6.08 Å². The second-order valence-corrected chi connectivity index (χ2v) is 7.09. The second kappa shape index (κ2) is 8.36. The van der Waals surface area contributed by atoms with Gasteiger partial charge in [-0.3, -0.25) is 4.39 Å². The lowest BCUT2D eigenvalue weighted by Crippen LogP contribution is -2.31. The van der Waals surface area contributed by atoms with Crippen LogP contribution in [0.3, 0.4) is 0 Å². The lowest BCUT2D eigenvalue weighted by molar-refractivity contribution is 0.128. The summed E-state index contributed by atoms with van der Waals surface area (Å²) >= 11 is 0. The van der Waals surface area contributed by atoms with Crippen LogP contribution in [0.1, 0.15) is 64.0 Å². The molecule has 3 heteroatoms. The van der Waals surface area contributed by atoms with Gasteiger partial charge in [0.15, 0.2) is 0 Å². The van der Waals surface area contributed by atoms with Crippen LogP contribution in [-0.4, -0.2) is 17.4 Å². The van der Waals surface area contributed by atoms with E-state index in [1.807, 2.05) is 18.2 Å². The maximum Gasteiger partial charge on any atom is 0.131 e. The third-order valence-corrected chi connectivity index (χ3v) is 4.42. The quantitative estimate of drug-likeness (QED) is 0.468. The van der Waals surface area contributed by atoms with Crippen LogP contribution in [0.2, 0.25) is 0 Å². The molecule has 0 radical (unpaired) electrons. The van der Waals surface area contributed by atoms with Crippen molar-refractivity contribution in [2.45, 2.75) is 64.9 Å². The van der Waals surface area contributed by atoms with Crippen LogP contribution in [-0.2, 0) is 6.42 Å². The average molecular weight is 332 g/mol. The largest absolute Gasteiger partial charge is 0.507 e. The summed E-state index contributed by atoms with van der Waals surface area (Å²) < 4.78 is 18.4. The molecule has 1 unspecified atom stereocenters. The number of aryl methyl sites for hydroxylation is 1. The van der Waals surface area contributed by atoms with E-state index in [9.17, 15) is 9.50 Å². The number of phenols is 1. The number of alkyl halides is 1. The van der Waals surface area contributed by atoms with Crippen LogP contribution in [0.4, 0.5) is 4.39 Å². The summed E-state index contributed by atoms with van der Waals surface area (Å²) in [6.45, 7) is 6.02. The normalized spacial score (nSPS) is 18.8. The Morgan fingerprint density at radius 2 is 2.04 bits per heavy atom. The van der Waals surface area contributed by atoms with Gasteiger partial charge >= 0.3 is 0 Å². The molecule has 0 bridgehead atoms. The Morgan fingerprint density at radius 1 is 1.25 bits per heavy atom. The number of aromatic hydroxyl groups is 1. The Hall–Kier alpha value is -1.77. The number of rotatable bonds is 8. The molecule has 2 rings (SSSR count). The fourth-order valence-corrected chi connectivity index (χ4v) is 2.99. The number of ether oxygens (including phenoxy) is 1. The second-order valence-electron chi connectivity index (χ2n) is 7.09. The molecular formula is C21H29FO2. The van der Waals surface area contributed by atoms with Crippen molar-refractivity contribution in [2.24, 2.45) is 0 Å². The Kier molecular flexibility index (Phi) is 6.47. The van der Waals surface area contributed by atoms with E-state index in [4.69, 9.17) is 4.74 Å². The fraction of sp³-hybridized carbons (Fsp3) is 0.524. The Labute approximate surface area is 145 Å². The van der Waals surface area contributed by atoms with Crippen molar-refractivity contribution in [3.63, 3.8) is 0 Å². The van der Waals surface area contributed by atoms with E-state index in [0.717, 1.165) is 49.0 Å². The third-order valence-electron chi connectivity index (χ3n) is 4.42. The molecule has 0 saturated carbocycles. The maximum absolute atomic E-state index is 12.2. The van der Waals surface area contributed by atoms with Crippen LogP contribution in [0.25, 0.3) is 6.08 Å². The van der Waals surface area contributed by atoms with Crippen molar-refractivity contribution in [3.8, 4) is 11.5 Å². The summed E-state index contributed by atoms with van der Waals surface area (Å²) in [6.07, 6.45) is 11.3. The monoisotopic (exact) mass is 332 g/mol. The van der Waals surface area contributed by atoms with Crippen LogP contribution < -0.4 is 4.74 Å². The molecule has 1 atom stereocenters. The van der Waals surface area contributed by atoms with Crippen LogP contribution in [0.5, 0.6) is 11.5 Å². The first kappa shape index (κ1) is 18.6. The van der Waals surface area contributed by atoms with Crippen molar-refractivity contribution in [1.82, 2.24) is 0 Å². The van der Waals surface area contributed by atoms with Gasteiger partial charge in [0.05, 0.1) is 12.2 Å². The topological polar surface area (TPSA) is 29.5 Å². The van der Waals surface area contributed by atoms with E-state index in [1.165, 1.54) is 5.57 Å². The molecule has 132 valence electrons. The third kappa shape index (κ3) is 5.12. The van der Waals surface area contributed by atoms with Gasteiger partial charge in [-0.05, 0) is 82.7 Å². The highest BCUT2D eigenvalue weighted by Gasteiger charge is 2.28. The fourth-order valence-electron chi connectivity index (χ4n) is 2.99. The summed E-state index contributed by atoms with van der Waals surface area (Å²) in [4.78, 5) is 0. The number of unbranched alkanes of at least 4 members (excludes halogenated alkanes) is 2. The summed E-state index contributed by atoms with van der Waals surface area (Å²) in [6, 6.07) is 3.82. The van der Waals surface area contributed by atoms with Crippen molar-refractivity contribution in [1.29, 1.82) is 0 Å². The highest BCUT2D eigenvalue weighted by molar-refractivity contribution is 5.67. The van der Waals surface area contributed by atoms with Gasteiger partial charge in [0, 0.05) is 0 Å². The van der Waals surface area contributed by atoms with Crippen LogP contribution >= 0.6 is 0 Å². The molecule has 1 aromatic carbocycles. The van der Waals surface area contributed by atoms with E-state index in [-0.39, 0.29) is 18.0 Å². The van der Waals surface area contributed by atoms with Crippen LogP contribution in [0, 0.1) is 0 Å². The molecule has 0 aromatic heterocycles. The molecule has 2 nitrogen and oxygen atoms in total. The Bertz CT molecular complexity index is 615. The van der Waals surface area contributed by atoms with Gasteiger partial charge in [-0.1, -0.05) is 18.1 Å². The Balaban J connectivity index is 2.08. The standard InChI is InChI=1S/C21H29FO2/c1-16(2)8-7-11-21(3)12-10-18-19(23)14-17(15-20(18)24-21)9-5-4-6-13-22/h8,10,12,14-15,23H,4-7,9,11,13H2,1-3H3. The minimum Gasteiger partial charge on any atom is -0.507 e. The van der Waals surface area contributed by atoms with E-state index in [2.05, 4.69) is 26.8 Å². The number of phenolic OH excluding ortho intramolecular Hbond substituents is 1. The van der Waals surface area contributed by atoms with Gasteiger partial charge in [-0.15, -0.1) is 0 Å². The minimum absolute atomic E-state index is 0.257. The summed E-state index contributed by atoms with van der Waals surface area (Å²) in [5, 5.41) is 10.3. The molecule has 1 heterocycles. The highest BCUT2D eigenvalue weighted by Crippen LogP contribution is 2.39. The highest BCUT2D eigenvalue weighted by atomic mass is 19.1. The maximum atomic E-state index is 12.2. The molecule has 0 fully saturated rings. The number of benzene rings is 1. The summed E-state index contributed by atoms with van der Waals surface area (Å²) in [5.74, 6) is 1.01. The van der Waals surface area contributed by atoms with Crippen molar-refractivity contribution in [3.05, 3.63) is 41.0 Å². The smallest absolute Gasteiger partial charge is 0.131 e. The summed E-state index contributed by atoms with van der Waals surface area (Å²) in [5.41, 5.74) is 2.76. The number of halogens is 1. The number of allylic oxidation sites excluding steroid dienone is 2. The predicted molar refractivity (Wildman–Crippen MR) is 98.4 cm³/mol. The molecule has 0 amide bonds. The van der Waals surface area contributed by atoms with Gasteiger partial charge in [-0.25, -0.2) is 0 Å². The van der Waals surface area contributed by atoms with Crippen LogP contribution in [0.15, 0.2) is 29.9 Å². The predicted octanol–water partition coefficient (Wildman–Crippen LogP) is 5.99. The van der Waals surface area contributed by atoms with Gasteiger partial charge in [-0.2, -0.15) is 0 Å².